The van der Waals surface area contributed by atoms with Crippen molar-refractivity contribution in [2.24, 2.45) is 0 Å². The second kappa shape index (κ2) is 6.80. The fourth-order valence-corrected chi connectivity index (χ4v) is 2.76. The first kappa shape index (κ1) is 16.0. The van der Waals surface area contributed by atoms with E-state index in [2.05, 4.69) is 15.3 Å². The number of nitrogens with zero attached hydrogens (tertiary/aromatic N) is 2. The van der Waals surface area contributed by atoms with Gasteiger partial charge in [-0.3, -0.25) is 9.78 Å². The van der Waals surface area contributed by atoms with Gasteiger partial charge in [0.2, 0.25) is 11.8 Å². The van der Waals surface area contributed by atoms with E-state index in [0.717, 1.165) is 16.6 Å². The van der Waals surface area contributed by atoms with Crippen molar-refractivity contribution >= 4 is 22.7 Å². The van der Waals surface area contributed by atoms with Crippen molar-refractivity contribution in [1.82, 2.24) is 9.97 Å². The molecule has 0 aliphatic carbocycles. The summed E-state index contributed by atoms with van der Waals surface area (Å²) in [5.41, 5.74) is 3.89. The molecule has 0 spiro atoms. The summed E-state index contributed by atoms with van der Waals surface area (Å²) < 4.78 is 5.83. The van der Waals surface area contributed by atoms with Crippen molar-refractivity contribution in [2.75, 3.05) is 5.32 Å². The fourth-order valence-electron chi connectivity index (χ4n) is 2.76. The third kappa shape index (κ3) is 3.19. The van der Waals surface area contributed by atoms with Gasteiger partial charge in [0.1, 0.15) is 5.52 Å². The van der Waals surface area contributed by atoms with Crippen molar-refractivity contribution < 1.29 is 9.21 Å². The Hall–Kier alpha value is -3.47. The molecule has 4 rings (SSSR count). The molecule has 1 N–H and O–H groups in total. The number of carbonyl (C=O) groups is 1. The molecule has 0 saturated carbocycles. The maximum atomic E-state index is 12.5. The van der Waals surface area contributed by atoms with Crippen molar-refractivity contribution in [3.8, 4) is 11.5 Å². The van der Waals surface area contributed by atoms with Crippen LogP contribution in [0.2, 0.25) is 0 Å². The van der Waals surface area contributed by atoms with Crippen molar-refractivity contribution in [3.05, 3.63) is 78.6 Å². The summed E-state index contributed by atoms with van der Waals surface area (Å²) in [7, 11) is 0. The topological polar surface area (TPSA) is 68.0 Å². The minimum Gasteiger partial charge on any atom is -0.436 e. The quantitative estimate of drug-likeness (QED) is 0.586. The van der Waals surface area contributed by atoms with Crippen LogP contribution in [0.5, 0.6) is 0 Å². The minimum absolute atomic E-state index is 0.0653. The molecule has 0 aliphatic rings. The van der Waals surface area contributed by atoms with Crippen molar-refractivity contribution in [3.63, 3.8) is 0 Å². The Bertz CT molecular complexity index is 1040. The molecule has 0 saturated heterocycles. The van der Waals surface area contributed by atoms with Gasteiger partial charge in [0, 0.05) is 29.7 Å². The Morgan fingerprint density at radius 2 is 1.81 bits per heavy atom. The van der Waals surface area contributed by atoms with Gasteiger partial charge < -0.3 is 9.73 Å². The monoisotopic (exact) mass is 343 g/mol. The molecule has 5 heteroatoms. The van der Waals surface area contributed by atoms with Crippen LogP contribution in [0.4, 0.5) is 5.69 Å². The molecule has 0 aliphatic heterocycles. The van der Waals surface area contributed by atoms with E-state index >= 15 is 0 Å². The molecule has 0 unspecified atom stereocenters. The Kier molecular flexibility index (Phi) is 4.19. The van der Waals surface area contributed by atoms with Gasteiger partial charge in [0.15, 0.2) is 5.58 Å². The smallest absolute Gasteiger partial charge is 0.231 e. The van der Waals surface area contributed by atoms with E-state index in [1.54, 1.807) is 18.5 Å². The van der Waals surface area contributed by atoms with E-state index in [1.165, 1.54) is 0 Å². The molecule has 2 aromatic heterocycles. The lowest BCUT2D eigenvalue weighted by molar-refractivity contribution is -0.117. The van der Waals surface area contributed by atoms with E-state index in [-0.39, 0.29) is 11.8 Å². The number of oxazole rings is 1. The molecule has 5 nitrogen and oxygen atoms in total. The van der Waals surface area contributed by atoms with Gasteiger partial charge in [-0.05, 0) is 36.8 Å². The number of hydrogen-bond donors (Lipinski definition) is 1. The van der Waals surface area contributed by atoms with Gasteiger partial charge >= 0.3 is 0 Å². The summed E-state index contributed by atoms with van der Waals surface area (Å²) in [5, 5.41) is 2.94. The SMILES string of the molecule is C[C@H](C(=O)Nc1ccc2nc(-c3ccncc3)oc2c1)c1ccccc1. The van der Waals surface area contributed by atoms with Gasteiger partial charge in [-0.2, -0.15) is 0 Å². The molecule has 2 aromatic carbocycles. The molecule has 2 heterocycles. The summed E-state index contributed by atoms with van der Waals surface area (Å²) in [4.78, 5) is 21.0. The number of fused-ring (bicyclic) bond motifs is 1. The zero-order valence-electron chi connectivity index (χ0n) is 14.2. The summed E-state index contributed by atoms with van der Waals surface area (Å²) in [5.74, 6) is 0.224. The number of anilines is 1. The van der Waals surface area contributed by atoms with Crippen LogP contribution in [0, 0.1) is 0 Å². The van der Waals surface area contributed by atoms with Crippen molar-refractivity contribution in [2.45, 2.75) is 12.8 Å². The predicted octanol–water partition coefficient (Wildman–Crippen LogP) is 4.63. The van der Waals surface area contributed by atoms with Crippen LogP contribution in [0.3, 0.4) is 0 Å². The van der Waals surface area contributed by atoms with E-state index < -0.39 is 0 Å². The number of aromatic nitrogens is 2. The first-order valence-electron chi connectivity index (χ1n) is 8.37. The second-order valence-corrected chi connectivity index (χ2v) is 6.06. The Morgan fingerprint density at radius 3 is 2.58 bits per heavy atom. The van der Waals surface area contributed by atoms with Gasteiger partial charge in [0.25, 0.3) is 0 Å². The van der Waals surface area contributed by atoms with E-state index in [0.29, 0.717) is 17.2 Å². The largest absolute Gasteiger partial charge is 0.436 e. The summed E-state index contributed by atoms with van der Waals surface area (Å²) >= 11 is 0. The summed E-state index contributed by atoms with van der Waals surface area (Å²) in [6.45, 7) is 1.89. The first-order chi connectivity index (χ1) is 12.7. The molecular formula is C21H17N3O2. The standard InChI is InChI=1S/C21H17N3O2/c1-14(15-5-3-2-4-6-15)20(25)23-17-7-8-18-19(13-17)26-21(24-18)16-9-11-22-12-10-16/h2-14H,1H3,(H,23,25)/t14-/m0/s1. The van der Waals surface area contributed by atoms with Crippen LogP contribution >= 0.6 is 0 Å². The average Bonchev–Trinajstić information content (AvgIpc) is 3.12. The van der Waals surface area contributed by atoms with Crippen LogP contribution < -0.4 is 5.32 Å². The molecular weight excluding hydrogens is 326 g/mol. The van der Waals surface area contributed by atoms with Gasteiger partial charge in [-0.25, -0.2) is 4.98 Å². The number of nitrogens with one attached hydrogen (secondary N) is 1. The average molecular weight is 343 g/mol. The predicted molar refractivity (Wildman–Crippen MR) is 101 cm³/mol. The normalized spacial score (nSPS) is 12.0. The van der Waals surface area contributed by atoms with E-state index in [4.69, 9.17) is 4.42 Å². The molecule has 0 fully saturated rings. The highest BCUT2D eigenvalue weighted by atomic mass is 16.3. The minimum atomic E-state index is -0.242. The maximum Gasteiger partial charge on any atom is 0.231 e. The Balaban J connectivity index is 1.57. The number of amides is 1. The third-order valence-corrected chi connectivity index (χ3v) is 4.28. The zero-order valence-corrected chi connectivity index (χ0v) is 14.2. The van der Waals surface area contributed by atoms with Gasteiger partial charge in [0.05, 0.1) is 5.92 Å². The highest BCUT2D eigenvalue weighted by molar-refractivity contribution is 5.97. The number of benzene rings is 2. The van der Waals surface area contributed by atoms with Crippen LogP contribution in [0.25, 0.3) is 22.6 Å². The Morgan fingerprint density at radius 1 is 1.04 bits per heavy atom. The molecule has 4 aromatic rings. The number of hydrogen-bond acceptors (Lipinski definition) is 4. The number of pyridine rings is 1. The first-order valence-corrected chi connectivity index (χ1v) is 8.37. The van der Waals surface area contributed by atoms with Crippen LogP contribution in [0.15, 0.2) is 77.5 Å². The number of rotatable bonds is 4. The summed E-state index contributed by atoms with van der Waals surface area (Å²) in [6.07, 6.45) is 3.39. The van der Waals surface area contributed by atoms with Crippen molar-refractivity contribution in [1.29, 1.82) is 0 Å². The molecule has 26 heavy (non-hydrogen) atoms. The second-order valence-electron chi connectivity index (χ2n) is 6.06. The highest BCUT2D eigenvalue weighted by Crippen LogP contribution is 2.26. The summed E-state index contributed by atoms with van der Waals surface area (Å²) in [6, 6.07) is 18.8. The van der Waals surface area contributed by atoms with E-state index in [9.17, 15) is 4.79 Å². The molecule has 1 amide bonds. The lowest BCUT2D eigenvalue weighted by Crippen LogP contribution is -2.18. The molecule has 1 atom stereocenters. The fraction of sp³-hybridized carbons (Fsp3) is 0.0952. The van der Waals surface area contributed by atoms with Gasteiger partial charge in [-0.1, -0.05) is 30.3 Å². The van der Waals surface area contributed by atoms with Crippen LogP contribution in [-0.2, 0) is 4.79 Å². The lowest BCUT2D eigenvalue weighted by atomic mass is 10.0. The van der Waals surface area contributed by atoms with Crippen LogP contribution in [-0.4, -0.2) is 15.9 Å². The van der Waals surface area contributed by atoms with E-state index in [1.807, 2.05) is 61.5 Å². The maximum absolute atomic E-state index is 12.5. The van der Waals surface area contributed by atoms with Gasteiger partial charge in [-0.15, -0.1) is 0 Å². The Labute approximate surface area is 150 Å². The molecule has 0 bridgehead atoms. The molecule has 0 radical (unpaired) electrons. The lowest BCUT2D eigenvalue weighted by Gasteiger charge is -2.12. The zero-order chi connectivity index (χ0) is 17.9. The number of carbonyl (C=O) groups excluding carboxylic acids is 1. The highest BCUT2D eigenvalue weighted by Gasteiger charge is 2.16. The third-order valence-electron chi connectivity index (χ3n) is 4.28. The molecule has 128 valence electrons. The van der Waals surface area contributed by atoms with Crippen LogP contribution in [0.1, 0.15) is 18.4 Å².